The van der Waals surface area contributed by atoms with Crippen LogP contribution in [0.1, 0.15) is 49.0 Å². The maximum atomic E-state index is 12.7. The number of carbonyl (C=O) groups excluding carboxylic acids is 2. The SMILES string of the molecule is CC(C)NC(=O)[C@@H]1N2C(=O)c3ccccc3C2SC1(C)C. The van der Waals surface area contributed by atoms with E-state index in [2.05, 4.69) is 5.32 Å². The van der Waals surface area contributed by atoms with Crippen molar-refractivity contribution in [3.63, 3.8) is 0 Å². The molecule has 2 aliphatic rings. The molecule has 1 fully saturated rings. The Morgan fingerprint density at radius 1 is 1.33 bits per heavy atom. The molecule has 21 heavy (non-hydrogen) atoms. The average Bonchev–Trinajstić information content (AvgIpc) is 2.81. The van der Waals surface area contributed by atoms with Crippen LogP contribution in [0.25, 0.3) is 0 Å². The molecule has 2 aliphatic heterocycles. The molecule has 0 radical (unpaired) electrons. The van der Waals surface area contributed by atoms with Crippen LogP contribution in [0.4, 0.5) is 0 Å². The molecule has 112 valence electrons. The highest BCUT2D eigenvalue weighted by Crippen LogP contribution is 2.56. The van der Waals surface area contributed by atoms with Crippen molar-refractivity contribution in [3.05, 3.63) is 35.4 Å². The van der Waals surface area contributed by atoms with Crippen LogP contribution < -0.4 is 5.32 Å². The van der Waals surface area contributed by atoms with Gasteiger partial charge in [0.15, 0.2) is 0 Å². The van der Waals surface area contributed by atoms with Gasteiger partial charge in [-0.1, -0.05) is 18.2 Å². The number of hydrogen-bond acceptors (Lipinski definition) is 3. The molecule has 3 rings (SSSR count). The summed E-state index contributed by atoms with van der Waals surface area (Å²) in [4.78, 5) is 27.0. The van der Waals surface area contributed by atoms with E-state index in [0.717, 1.165) is 11.1 Å². The number of nitrogens with one attached hydrogen (secondary N) is 1. The zero-order valence-electron chi connectivity index (χ0n) is 12.7. The molecule has 2 amide bonds. The molecule has 1 saturated heterocycles. The topological polar surface area (TPSA) is 49.4 Å². The Balaban J connectivity index is 2.00. The van der Waals surface area contributed by atoms with Crippen molar-refractivity contribution in [1.29, 1.82) is 0 Å². The van der Waals surface area contributed by atoms with Gasteiger partial charge in [-0.15, -0.1) is 11.8 Å². The van der Waals surface area contributed by atoms with E-state index in [1.807, 2.05) is 52.0 Å². The largest absolute Gasteiger partial charge is 0.352 e. The summed E-state index contributed by atoms with van der Waals surface area (Å²) in [6, 6.07) is 7.29. The monoisotopic (exact) mass is 304 g/mol. The maximum Gasteiger partial charge on any atom is 0.256 e. The summed E-state index contributed by atoms with van der Waals surface area (Å²) in [6.45, 7) is 7.95. The first-order valence-corrected chi connectivity index (χ1v) is 8.10. The minimum Gasteiger partial charge on any atom is -0.352 e. The van der Waals surface area contributed by atoms with Gasteiger partial charge >= 0.3 is 0 Å². The Bertz CT molecular complexity index is 612. The third kappa shape index (κ3) is 2.14. The van der Waals surface area contributed by atoms with E-state index in [0.29, 0.717) is 0 Å². The number of benzene rings is 1. The first-order valence-electron chi connectivity index (χ1n) is 7.22. The smallest absolute Gasteiger partial charge is 0.256 e. The number of thioether (sulfide) groups is 1. The lowest BCUT2D eigenvalue weighted by Gasteiger charge is -2.30. The van der Waals surface area contributed by atoms with E-state index in [1.165, 1.54) is 0 Å². The molecule has 0 spiro atoms. The molecule has 2 atom stereocenters. The summed E-state index contributed by atoms with van der Waals surface area (Å²) in [5.41, 5.74) is 1.76. The summed E-state index contributed by atoms with van der Waals surface area (Å²) < 4.78 is -0.299. The Morgan fingerprint density at radius 3 is 2.67 bits per heavy atom. The van der Waals surface area contributed by atoms with E-state index in [1.54, 1.807) is 16.7 Å². The van der Waals surface area contributed by atoms with Crippen LogP contribution >= 0.6 is 11.8 Å². The highest BCUT2D eigenvalue weighted by Gasteiger charge is 2.57. The van der Waals surface area contributed by atoms with Gasteiger partial charge in [-0.05, 0) is 39.3 Å². The van der Waals surface area contributed by atoms with E-state index in [4.69, 9.17) is 0 Å². The second-order valence-electron chi connectivity index (χ2n) is 6.44. The zero-order valence-corrected chi connectivity index (χ0v) is 13.5. The van der Waals surface area contributed by atoms with Crippen molar-refractivity contribution in [1.82, 2.24) is 10.2 Å². The van der Waals surface area contributed by atoms with Crippen LogP contribution in [-0.2, 0) is 4.79 Å². The summed E-state index contributed by atoms with van der Waals surface area (Å²) in [5, 5.41) is 2.90. The van der Waals surface area contributed by atoms with Gasteiger partial charge in [0.25, 0.3) is 5.91 Å². The van der Waals surface area contributed by atoms with Gasteiger partial charge in [0, 0.05) is 16.4 Å². The normalized spacial score (nSPS) is 26.0. The second-order valence-corrected chi connectivity index (χ2v) is 8.17. The average molecular weight is 304 g/mol. The van der Waals surface area contributed by atoms with Crippen LogP contribution in [-0.4, -0.2) is 33.5 Å². The number of rotatable bonds is 2. The van der Waals surface area contributed by atoms with Crippen molar-refractivity contribution >= 4 is 23.6 Å². The lowest BCUT2D eigenvalue weighted by atomic mass is 10.0. The first kappa shape index (κ1) is 14.4. The Kier molecular flexibility index (Phi) is 3.28. The molecule has 0 aromatic heterocycles. The minimum absolute atomic E-state index is 0.0300. The van der Waals surface area contributed by atoms with Gasteiger partial charge in [-0.25, -0.2) is 0 Å². The fourth-order valence-corrected chi connectivity index (χ4v) is 4.76. The third-order valence-electron chi connectivity index (χ3n) is 3.98. The molecule has 0 aliphatic carbocycles. The quantitative estimate of drug-likeness (QED) is 0.913. The van der Waals surface area contributed by atoms with Crippen molar-refractivity contribution < 1.29 is 9.59 Å². The first-order chi connectivity index (χ1) is 9.83. The molecule has 0 bridgehead atoms. The summed E-state index contributed by atoms with van der Waals surface area (Å²) in [6.07, 6.45) is 0. The van der Waals surface area contributed by atoms with Gasteiger partial charge in [0.2, 0.25) is 5.91 Å². The van der Waals surface area contributed by atoms with E-state index < -0.39 is 6.04 Å². The highest BCUT2D eigenvalue weighted by atomic mass is 32.2. The van der Waals surface area contributed by atoms with Crippen molar-refractivity contribution in [2.45, 2.75) is 49.9 Å². The van der Waals surface area contributed by atoms with Crippen LogP contribution in [0.2, 0.25) is 0 Å². The van der Waals surface area contributed by atoms with Crippen LogP contribution in [0, 0.1) is 0 Å². The van der Waals surface area contributed by atoms with Gasteiger partial charge in [0.05, 0.1) is 0 Å². The van der Waals surface area contributed by atoms with Gasteiger partial charge in [-0.3, -0.25) is 9.59 Å². The molecular weight excluding hydrogens is 284 g/mol. The van der Waals surface area contributed by atoms with Crippen molar-refractivity contribution in [3.8, 4) is 0 Å². The number of nitrogens with zero attached hydrogens (tertiary/aromatic N) is 1. The lowest BCUT2D eigenvalue weighted by molar-refractivity contribution is -0.126. The predicted molar refractivity (Wildman–Crippen MR) is 84.1 cm³/mol. The van der Waals surface area contributed by atoms with Crippen molar-refractivity contribution in [2.24, 2.45) is 0 Å². The van der Waals surface area contributed by atoms with E-state index in [9.17, 15) is 9.59 Å². The van der Waals surface area contributed by atoms with Crippen LogP contribution in [0.3, 0.4) is 0 Å². The molecular formula is C16H20N2O2S. The highest BCUT2D eigenvalue weighted by molar-refractivity contribution is 8.01. The van der Waals surface area contributed by atoms with Crippen LogP contribution in [0.5, 0.6) is 0 Å². The standard InChI is InChI=1S/C16H20N2O2S/c1-9(2)17-13(19)12-16(3,4)21-15-11-8-6-5-7-10(11)14(20)18(12)15/h5-9,12,15H,1-4H3,(H,17,19)/t12-,15?/m0/s1. The molecule has 0 saturated carbocycles. The molecule has 5 heteroatoms. The number of hydrogen-bond donors (Lipinski definition) is 1. The minimum atomic E-state index is -0.435. The Labute approximate surface area is 129 Å². The number of carbonyl (C=O) groups is 2. The molecule has 1 aromatic carbocycles. The maximum absolute atomic E-state index is 12.7. The zero-order chi connectivity index (χ0) is 15.4. The number of amides is 2. The third-order valence-corrected chi connectivity index (χ3v) is 5.51. The van der Waals surface area contributed by atoms with Gasteiger partial charge in [-0.2, -0.15) is 0 Å². The lowest BCUT2D eigenvalue weighted by Crippen LogP contribution is -2.53. The molecule has 1 aromatic rings. The van der Waals surface area contributed by atoms with E-state index >= 15 is 0 Å². The second kappa shape index (κ2) is 4.77. The predicted octanol–water partition coefficient (Wildman–Crippen LogP) is 2.56. The van der Waals surface area contributed by atoms with E-state index in [-0.39, 0.29) is 28.0 Å². The van der Waals surface area contributed by atoms with Gasteiger partial charge < -0.3 is 10.2 Å². The summed E-state index contributed by atoms with van der Waals surface area (Å²) in [5.74, 6) is -0.0938. The summed E-state index contributed by atoms with van der Waals surface area (Å²) >= 11 is 1.69. The molecule has 4 nitrogen and oxygen atoms in total. The van der Waals surface area contributed by atoms with Gasteiger partial charge in [0.1, 0.15) is 11.4 Å². The fourth-order valence-electron chi connectivity index (χ4n) is 3.17. The molecule has 1 N–H and O–H groups in total. The molecule has 1 unspecified atom stereocenters. The fraction of sp³-hybridized carbons (Fsp3) is 0.500. The Hall–Kier alpha value is -1.49. The number of fused-ring (bicyclic) bond motifs is 3. The van der Waals surface area contributed by atoms with Crippen LogP contribution in [0.15, 0.2) is 24.3 Å². The van der Waals surface area contributed by atoms with Crippen molar-refractivity contribution in [2.75, 3.05) is 0 Å². The molecule has 2 heterocycles. The Morgan fingerprint density at radius 2 is 2.00 bits per heavy atom. The summed E-state index contributed by atoms with van der Waals surface area (Å²) in [7, 11) is 0.